The molecule has 1 saturated carbocycles. The van der Waals surface area contributed by atoms with Crippen molar-refractivity contribution >= 4 is 11.1 Å². The quantitative estimate of drug-likeness (QED) is 0.620. The molecule has 1 saturated heterocycles. The number of piperidine rings is 1. The monoisotopic (exact) mass is 405 g/mol. The summed E-state index contributed by atoms with van der Waals surface area (Å²) in [5.41, 5.74) is 1.40. The van der Waals surface area contributed by atoms with E-state index in [9.17, 15) is 4.21 Å². The highest BCUT2D eigenvalue weighted by Crippen LogP contribution is 2.38. The van der Waals surface area contributed by atoms with Gasteiger partial charge in [-0.05, 0) is 95.8 Å². The molecule has 1 atom stereocenters. The van der Waals surface area contributed by atoms with Gasteiger partial charge in [-0.25, -0.2) is 4.21 Å². The van der Waals surface area contributed by atoms with E-state index in [0.29, 0.717) is 5.92 Å². The average Bonchev–Trinajstić information content (AvgIpc) is 2.60. The number of benzene rings is 1. The maximum absolute atomic E-state index is 12.8. The van der Waals surface area contributed by atoms with Gasteiger partial charge in [-0.1, -0.05) is 31.9 Å². The molecule has 1 unspecified atom stereocenters. The maximum atomic E-state index is 12.8. The van der Waals surface area contributed by atoms with Gasteiger partial charge in [-0.3, -0.25) is 4.18 Å². The molecule has 3 rings (SSSR count). The van der Waals surface area contributed by atoms with Crippen molar-refractivity contribution < 1.29 is 8.39 Å². The zero-order valence-corrected chi connectivity index (χ0v) is 19.2. The van der Waals surface area contributed by atoms with E-state index in [2.05, 4.69) is 52.1 Å². The van der Waals surface area contributed by atoms with Gasteiger partial charge in [0.25, 0.3) is 0 Å². The lowest BCUT2D eigenvalue weighted by molar-refractivity contribution is 0.0650. The van der Waals surface area contributed by atoms with E-state index in [4.69, 9.17) is 4.18 Å². The number of hydrogen-bond donors (Lipinski definition) is 1. The molecule has 1 heterocycles. The molecule has 0 amide bonds. The molecule has 28 heavy (non-hydrogen) atoms. The second-order valence-electron chi connectivity index (χ2n) is 10.3. The number of rotatable bonds is 6. The van der Waals surface area contributed by atoms with Crippen LogP contribution in [-0.2, 0) is 15.3 Å². The molecular weight excluding hydrogens is 366 g/mol. The molecule has 0 spiro atoms. The van der Waals surface area contributed by atoms with Gasteiger partial charge >= 0.3 is 0 Å². The van der Waals surface area contributed by atoms with Gasteiger partial charge in [-0.2, -0.15) is 0 Å². The van der Waals surface area contributed by atoms with Crippen molar-refractivity contribution in [1.29, 1.82) is 0 Å². The molecule has 1 N–H and O–H groups in total. The highest BCUT2D eigenvalue weighted by molar-refractivity contribution is 7.80. The molecule has 3 nitrogen and oxygen atoms in total. The molecule has 1 aromatic carbocycles. The minimum absolute atomic E-state index is 0.00289. The maximum Gasteiger partial charge on any atom is 0.189 e. The Morgan fingerprint density at radius 3 is 2.11 bits per heavy atom. The lowest BCUT2D eigenvalue weighted by Gasteiger charge is -2.45. The first-order valence-electron chi connectivity index (χ1n) is 11.2. The van der Waals surface area contributed by atoms with Crippen LogP contribution in [0.2, 0.25) is 0 Å². The second-order valence-corrected chi connectivity index (χ2v) is 11.5. The largest absolute Gasteiger partial charge is 0.307 e. The third-order valence-electron chi connectivity index (χ3n) is 6.46. The second kappa shape index (κ2) is 8.97. The Hall–Kier alpha value is -0.710. The number of hydrogen-bond acceptors (Lipinski definition) is 3. The van der Waals surface area contributed by atoms with Gasteiger partial charge in [0.2, 0.25) is 0 Å². The van der Waals surface area contributed by atoms with Crippen LogP contribution in [0.5, 0.6) is 0 Å². The van der Waals surface area contributed by atoms with Gasteiger partial charge in [0, 0.05) is 11.1 Å². The molecule has 158 valence electrons. The van der Waals surface area contributed by atoms with Gasteiger partial charge in [-0.15, -0.1) is 0 Å². The first kappa shape index (κ1) is 22.0. The van der Waals surface area contributed by atoms with Crippen LogP contribution in [-0.4, -0.2) is 21.4 Å². The lowest BCUT2D eigenvalue weighted by atomic mass is 9.77. The molecule has 1 aliphatic heterocycles. The Balaban J connectivity index is 1.57. The first-order valence-corrected chi connectivity index (χ1v) is 12.2. The third-order valence-corrected chi connectivity index (χ3v) is 7.57. The van der Waals surface area contributed by atoms with Gasteiger partial charge in [0.15, 0.2) is 11.1 Å². The Morgan fingerprint density at radius 2 is 1.57 bits per heavy atom. The Labute approximate surface area is 174 Å². The molecule has 0 radical (unpaired) electrons. The van der Waals surface area contributed by atoms with Crippen LogP contribution >= 0.6 is 0 Å². The van der Waals surface area contributed by atoms with Gasteiger partial charge in [0.05, 0.1) is 11.0 Å². The van der Waals surface area contributed by atoms with Crippen molar-refractivity contribution in [2.75, 3.05) is 0 Å². The summed E-state index contributed by atoms with van der Waals surface area (Å²) in [4.78, 5) is 0.789. The Morgan fingerprint density at radius 1 is 1.00 bits per heavy atom. The van der Waals surface area contributed by atoms with E-state index in [1.807, 2.05) is 12.1 Å². The smallest absolute Gasteiger partial charge is 0.189 e. The summed E-state index contributed by atoms with van der Waals surface area (Å²) in [6.45, 7) is 11.1. The van der Waals surface area contributed by atoms with Crippen LogP contribution in [0.1, 0.15) is 97.5 Å². The van der Waals surface area contributed by atoms with Crippen LogP contribution in [0.4, 0.5) is 0 Å². The molecule has 1 aromatic rings. The fraction of sp³-hybridized carbons (Fsp3) is 0.750. The predicted molar refractivity (Wildman–Crippen MR) is 118 cm³/mol. The first-order chi connectivity index (χ1) is 13.2. The summed E-state index contributed by atoms with van der Waals surface area (Å²) in [6.07, 6.45) is 9.76. The SMILES string of the molecule is CCCC1CCC(c2ccc(S(=O)OC3CC(C)(C)NC(C)(C)C3)cc2)CC1. The summed E-state index contributed by atoms with van der Waals surface area (Å²) in [5, 5.41) is 3.65. The van der Waals surface area contributed by atoms with Crippen LogP contribution in [0.25, 0.3) is 0 Å². The van der Waals surface area contributed by atoms with E-state index >= 15 is 0 Å². The Kier molecular flexibility index (Phi) is 7.05. The summed E-state index contributed by atoms with van der Waals surface area (Å²) < 4.78 is 18.8. The van der Waals surface area contributed by atoms with Crippen molar-refractivity contribution in [2.24, 2.45) is 5.92 Å². The zero-order chi connectivity index (χ0) is 20.4. The van der Waals surface area contributed by atoms with Crippen LogP contribution in [0, 0.1) is 5.92 Å². The van der Waals surface area contributed by atoms with Crippen LogP contribution in [0.15, 0.2) is 29.2 Å². The fourth-order valence-electron chi connectivity index (χ4n) is 5.52. The summed E-state index contributed by atoms with van der Waals surface area (Å²) in [6, 6.07) is 8.39. The molecule has 0 aromatic heterocycles. The van der Waals surface area contributed by atoms with E-state index in [1.165, 1.54) is 44.1 Å². The summed E-state index contributed by atoms with van der Waals surface area (Å²) in [5.74, 6) is 1.60. The molecule has 2 fully saturated rings. The fourth-order valence-corrected chi connectivity index (χ4v) is 6.37. The highest BCUT2D eigenvalue weighted by atomic mass is 32.2. The summed E-state index contributed by atoms with van der Waals surface area (Å²) >= 11 is -1.40. The highest BCUT2D eigenvalue weighted by Gasteiger charge is 2.39. The molecule has 2 aliphatic rings. The van der Waals surface area contributed by atoms with E-state index in [-0.39, 0.29) is 17.2 Å². The van der Waals surface area contributed by atoms with E-state index in [1.54, 1.807) is 0 Å². The summed E-state index contributed by atoms with van der Waals surface area (Å²) in [7, 11) is 0. The van der Waals surface area contributed by atoms with Crippen molar-refractivity contribution in [1.82, 2.24) is 5.32 Å². The molecule has 1 aliphatic carbocycles. The normalized spacial score (nSPS) is 28.8. The van der Waals surface area contributed by atoms with Crippen LogP contribution in [0.3, 0.4) is 0 Å². The minimum atomic E-state index is -1.40. The molecular formula is C24H39NO2S. The van der Waals surface area contributed by atoms with Gasteiger partial charge in [0.1, 0.15) is 0 Å². The van der Waals surface area contributed by atoms with Crippen LogP contribution < -0.4 is 5.32 Å². The topological polar surface area (TPSA) is 38.3 Å². The van der Waals surface area contributed by atoms with E-state index < -0.39 is 11.1 Å². The van der Waals surface area contributed by atoms with Gasteiger partial charge < -0.3 is 5.32 Å². The number of nitrogens with one attached hydrogen (secondary N) is 1. The average molecular weight is 406 g/mol. The molecule has 0 bridgehead atoms. The third kappa shape index (κ3) is 5.90. The standard InChI is InChI=1S/C24H39NO2S/c1-6-7-18-8-10-19(11-9-18)20-12-14-22(15-13-20)28(26)27-21-16-23(2,3)25-24(4,5)17-21/h12-15,18-19,21,25H,6-11,16-17H2,1-5H3. The van der Waals surface area contributed by atoms with Crippen molar-refractivity contribution in [3.05, 3.63) is 29.8 Å². The predicted octanol–water partition coefficient (Wildman–Crippen LogP) is 6.11. The van der Waals surface area contributed by atoms with Crippen molar-refractivity contribution in [3.8, 4) is 0 Å². The van der Waals surface area contributed by atoms with E-state index in [0.717, 1.165) is 23.7 Å². The zero-order valence-electron chi connectivity index (χ0n) is 18.4. The Bertz CT molecular complexity index is 644. The van der Waals surface area contributed by atoms with Crippen molar-refractivity contribution in [3.63, 3.8) is 0 Å². The lowest BCUT2D eigenvalue weighted by Crippen LogP contribution is -2.59. The minimum Gasteiger partial charge on any atom is -0.307 e. The van der Waals surface area contributed by atoms with Crippen molar-refractivity contribution in [2.45, 2.75) is 114 Å². The molecule has 4 heteroatoms.